The molecule has 1 amide bonds. The van der Waals surface area contributed by atoms with Gasteiger partial charge in [0.25, 0.3) is 5.91 Å². The topological polar surface area (TPSA) is 66.8 Å². The zero-order chi connectivity index (χ0) is 27.1. The molecule has 5 nitrogen and oxygen atoms in total. The molecule has 0 unspecified atom stereocenters. The summed E-state index contributed by atoms with van der Waals surface area (Å²) in [5.41, 5.74) is 2.42. The summed E-state index contributed by atoms with van der Waals surface area (Å²) in [7, 11) is 0. The molecule has 4 aromatic carbocycles. The van der Waals surface area contributed by atoms with Crippen LogP contribution in [0.5, 0.6) is 11.5 Å². The molecule has 0 saturated carbocycles. The predicted octanol–water partition coefficient (Wildman–Crippen LogP) is 8.41. The van der Waals surface area contributed by atoms with E-state index in [2.05, 4.69) is 12.1 Å². The van der Waals surface area contributed by atoms with Crippen LogP contribution in [0.1, 0.15) is 38.3 Å². The van der Waals surface area contributed by atoms with Crippen LogP contribution in [0.2, 0.25) is 15.1 Å². The Balaban J connectivity index is 1.51. The van der Waals surface area contributed by atoms with Crippen molar-refractivity contribution in [1.82, 2.24) is 4.90 Å². The number of aryl methyl sites for hydroxylation is 1. The van der Waals surface area contributed by atoms with E-state index in [0.717, 1.165) is 18.4 Å². The number of aromatic carboxylic acids is 1. The summed E-state index contributed by atoms with van der Waals surface area (Å²) < 4.78 is 5.79. The second-order valence-electron chi connectivity index (χ2n) is 8.63. The number of carboxylic acid groups (broad SMARTS) is 1. The maximum absolute atomic E-state index is 13.5. The van der Waals surface area contributed by atoms with E-state index in [-0.39, 0.29) is 17.2 Å². The second-order valence-corrected chi connectivity index (χ2v) is 9.91. The van der Waals surface area contributed by atoms with Gasteiger partial charge in [0, 0.05) is 29.2 Å². The number of carbonyl (C=O) groups is 2. The lowest BCUT2D eigenvalue weighted by Crippen LogP contribution is -2.32. The van der Waals surface area contributed by atoms with E-state index < -0.39 is 5.97 Å². The Labute approximate surface area is 236 Å². The molecule has 0 atom stereocenters. The highest BCUT2D eigenvalue weighted by molar-refractivity contribution is 6.35. The smallest absolute Gasteiger partial charge is 0.339 e. The summed E-state index contributed by atoms with van der Waals surface area (Å²) >= 11 is 18.5. The molecule has 8 heteroatoms. The predicted molar refractivity (Wildman–Crippen MR) is 151 cm³/mol. The molecule has 38 heavy (non-hydrogen) atoms. The summed E-state index contributed by atoms with van der Waals surface area (Å²) in [5.74, 6) is -0.738. The van der Waals surface area contributed by atoms with Gasteiger partial charge in [0.15, 0.2) is 0 Å². The van der Waals surface area contributed by atoms with Crippen molar-refractivity contribution in [2.75, 3.05) is 6.54 Å². The number of rotatable bonds is 10. The first-order chi connectivity index (χ1) is 18.3. The summed E-state index contributed by atoms with van der Waals surface area (Å²) in [6, 6.07) is 26.4. The molecule has 4 aromatic rings. The number of benzene rings is 4. The van der Waals surface area contributed by atoms with Crippen LogP contribution in [-0.4, -0.2) is 28.4 Å². The zero-order valence-electron chi connectivity index (χ0n) is 20.2. The molecule has 0 fully saturated rings. The van der Waals surface area contributed by atoms with Gasteiger partial charge in [-0.3, -0.25) is 4.79 Å². The van der Waals surface area contributed by atoms with Gasteiger partial charge in [0.2, 0.25) is 0 Å². The monoisotopic (exact) mass is 567 g/mol. The minimum absolute atomic E-state index is 0.00654. The lowest BCUT2D eigenvalue weighted by Gasteiger charge is -2.24. The van der Waals surface area contributed by atoms with Gasteiger partial charge in [-0.2, -0.15) is 0 Å². The largest absolute Gasteiger partial charge is 0.478 e. The molecule has 0 heterocycles. The van der Waals surface area contributed by atoms with Crippen LogP contribution in [0.25, 0.3) is 0 Å². The number of hydrogen-bond donors (Lipinski definition) is 1. The van der Waals surface area contributed by atoms with Crippen LogP contribution < -0.4 is 4.74 Å². The van der Waals surface area contributed by atoms with E-state index in [1.54, 1.807) is 35.2 Å². The Morgan fingerprint density at radius 3 is 2.16 bits per heavy atom. The van der Waals surface area contributed by atoms with Crippen LogP contribution in [0.4, 0.5) is 0 Å². The van der Waals surface area contributed by atoms with Crippen molar-refractivity contribution in [3.05, 3.63) is 128 Å². The van der Waals surface area contributed by atoms with Gasteiger partial charge in [-0.1, -0.05) is 77.3 Å². The highest BCUT2D eigenvalue weighted by Crippen LogP contribution is 2.29. The number of hydrogen-bond acceptors (Lipinski definition) is 3. The summed E-state index contributed by atoms with van der Waals surface area (Å²) in [5, 5.41) is 10.6. The maximum Gasteiger partial charge on any atom is 0.339 e. The standard InChI is InChI=1S/C30H24Cl3NO4/c31-22-11-15-27(33)26(17-22)29(35)34(16-4-7-20-5-2-1-3-6-20)19-21-8-12-24(13-9-21)38-28-18-23(32)10-14-25(28)30(36)37/h1-3,5-6,8-15,17-18H,4,7,16,19H2,(H,36,37). The fourth-order valence-corrected chi connectivity index (χ4v) is 4.50. The number of nitrogens with zero attached hydrogens (tertiary/aromatic N) is 1. The molecular weight excluding hydrogens is 545 g/mol. The average Bonchev–Trinajstić information content (AvgIpc) is 2.90. The highest BCUT2D eigenvalue weighted by atomic mass is 35.5. The molecule has 0 bridgehead atoms. The van der Waals surface area contributed by atoms with Gasteiger partial charge in [0.1, 0.15) is 17.1 Å². The van der Waals surface area contributed by atoms with Gasteiger partial charge >= 0.3 is 5.97 Å². The van der Waals surface area contributed by atoms with E-state index in [1.807, 2.05) is 30.3 Å². The minimum Gasteiger partial charge on any atom is -0.478 e. The van der Waals surface area contributed by atoms with Gasteiger partial charge in [-0.15, -0.1) is 0 Å². The van der Waals surface area contributed by atoms with Crippen molar-refractivity contribution in [2.24, 2.45) is 0 Å². The first-order valence-electron chi connectivity index (χ1n) is 11.9. The lowest BCUT2D eigenvalue weighted by molar-refractivity contribution is 0.0692. The molecule has 0 aliphatic rings. The molecular formula is C30H24Cl3NO4. The maximum atomic E-state index is 13.5. The van der Waals surface area contributed by atoms with Crippen LogP contribution >= 0.6 is 34.8 Å². The SMILES string of the molecule is O=C(O)c1ccc(Cl)cc1Oc1ccc(CN(CCCc2ccccc2)C(=O)c2cc(Cl)ccc2Cl)cc1. The Kier molecular flexibility index (Phi) is 9.29. The molecule has 1 N–H and O–H groups in total. The van der Waals surface area contributed by atoms with Crippen LogP contribution in [-0.2, 0) is 13.0 Å². The summed E-state index contributed by atoms with van der Waals surface area (Å²) in [4.78, 5) is 26.8. The van der Waals surface area contributed by atoms with Crippen LogP contribution in [0.3, 0.4) is 0 Å². The Bertz CT molecular complexity index is 1430. The van der Waals surface area contributed by atoms with Gasteiger partial charge in [-0.25, -0.2) is 4.79 Å². The Hall–Kier alpha value is -3.51. The fourth-order valence-electron chi connectivity index (χ4n) is 3.97. The normalized spacial score (nSPS) is 10.7. The second kappa shape index (κ2) is 12.8. The molecule has 4 rings (SSSR count). The van der Waals surface area contributed by atoms with E-state index in [4.69, 9.17) is 39.5 Å². The third-order valence-corrected chi connectivity index (χ3v) is 6.68. The van der Waals surface area contributed by atoms with Crippen molar-refractivity contribution >= 4 is 46.7 Å². The first-order valence-corrected chi connectivity index (χ1v) is 13.0. The van der Waals surface area contributed by atoms with Gasteiger partial charge in [-0.05, 0) is 66.4 Å². The van der Waals surface area contributed by atoms with E-state index in [0.29, 0.717) is 39.5 Å². The lowest BCUT2D eigenvalue weighted by atomic mass is 10.1. The number of halogens is 3. The summed E-state index contributed by atoms with van der Waals surface area (Å²) in [6.07, 6.45) is 1.59. The van der Waals surface area contributed by atoms with E-state index in [9.17, 15) is 14.7 Å². The van der Waals surface area contributed by atoms with Crippen molar-refractivity contribution in [1.29, 1.82) is 0 Å². The number of amides is 1. The minimum atomic E-state index is -1.11. The molecule has 0 aliphatic heterocycles. The third-order valence-electron chi connectivity index (χ3n) is 5.88. The average molecular weight is 569 g/mol. The van der Waals surface area contributed by atoms with Crippen LogP contribution in [0, 0.1) is 0 Å². The quantitative estimate of drug-likeness (QED) is 0.208. The number of carboxylic acids is 1. The summed E-state index contributed by atoms with van der Waals surface area (Å²) in [6.45, 7) is 0.855. The van der Waals surface area contributed by atoms with Gasteiger partial charge < -0.3 is 14.7 Å². The molecule has 194 valence electrons. The fraction of sp³-hybridized carbons (Fsp3) is 0.133. The van der Waals surface area contributed by atoms with Crippen molar-refractivity contribution in [3.8, 4) is 11.5 Å². The van der Waals surface area contributed by atoms with Gasteiger partial charge in [0.05, 0.1) is 10.6 Å². The Morgan fingerprint density at radius 2 is 1.45 bits per heavy atom. The molecule has 0 aliphatic carbocycles. The van der Waals surface area contributed by atoms with Crippen molar-refractivity contribution in [2.45, 2.75) is 19.4 Å². The number of carbonyl (C=O) groups excluding carboxylic acids is 1. The Morgan fingerprint density at radius 1 is 0.763 bits per heavy atom. The van der Waals surface area contributed by atoms with Crippen molar-refractivity contribution < 1.29 is 19.4 Å². The van der Waals surface area contributed by atoms with Crippen LogP contribution in [0.15, 0.2) is 91.0 Å². The number of ether oxygens (including phenoxy) is 1. The molecule has 0 saturated heterocycles. The van der Waals surface area contributed by atoms with E-state index >= 15 is 0 Å². The highest BCUT2D eigenvalue weighted by Gasteiger charge is 2.20. The first kappa shape index (κ1) is 27.5. The zero-order valence-corrected chi connectivity index (χ0v) is 22.5. The molecule has 0 radical (unpaired) electrons. The van der Waals surface area contributed by atoms with Crippen molar-refractivity contribution in [3.63, 3.8) is 0 Å². The molecule has 0 spiro atoms. The third kappa shape index (κ3) is 7.29. The van der Waals surface area contributed by atoms with E-state index in [1.165, 1.54) is 23.8 Å². The molecule has 0 aromatic heterocycles.